The number of aromatic nitrogens is 2. The highest BCUT2D eigenvalue weighted by atomic mass is 16.8. The van der Waals surface area contributed by atoms with E-state index in [1.54, 1.807) is 13.8 Å². The van der Waals surface area contributed by atoms with Crippen molar-refractivity contribution < 1.29 is 23.6 Å². The second-order valence-electron chi connectivity index (χ2n) is 10.2. The summed E-state index contributed by atoms with van der Waals surface area (Å²) < 4.78 is 16.6. The van der Waals surface area contributed by atoms with Crippen molar-refractivity contribution in [3.05, 3.63) is 36.2 Å². The number of hydrogen-bond donors (Lipinski definition) is 1. The molecule has 1 unspecified atom stereocenters. The van der Waals surface area contributed by atoms with E-state index < -0.39 is 35.2 Å². The standard InChI is InChI=1S/C24H33N3O5/c1-14(2)13-16(17-22(29)31-24(6,7)30-17)20(28)25-18(23(3,4)5)19-26-21(32-27-19)15-11-9-8-10-12-15/h8-12,14,16-18H,13H2,1-7H3,(H,25,28)/t16-,17+,18?/m1/s1. The van der Waals surface area contributed by atoms with Crippen LogP contribution in [0.2, 0.25) is 0 Å². The molecule has 1 aliphatic heterocycles. The first-order valence-electron chi connectivity index (χ1n) is 11.0. The molecule has 174 valence electrons. The topological polar surface area (TPSA) is 104 Å². The van der Waals surface area contributed by atoms with Crippen molar-refractivity contribution in [2.45, 2.75) is 72.8 Å². The van der Waals surface area contributed by atoms with E-state index in [1.165, 1.54) is 0 Å². The molecule has 0 saturated carbocycles. The van der Waals surface area contributed by atoms with E-state index in [0.717, 1.165) is 5.56 Å². The molecule has 1 N–H and O–H groups in total. The van der Waals surface area contributed by atoms with Gasteiger partial charge < -0.3 is 19.3 Å². The zero-order valence-corrected chi connectivity index (χ0v) is 19.8. The minimum atomic E-state index is -1.06. The molecule has 1 saturated heterocycles. The van der Waals surface area contributed by atoms with E-state index in [0.29, 0.717) is 18.1 Å². The number of carbonyl (C=O) groups is 2. The molecule has 2 heterocycles. The molecular formula is C24H33N3O5. The van der Waals surface area contributed by atoms with Crippen molar-refractivity contribution in [1.82, 2.24) is 15.5 Å². The molecule has 1 aromatic heterocycles. The van der Waals surface area contributed by atoms with E-state index in [9.17, 15) is 9.59 Å². The van der Waals surface area contributed by atoms with Crippen molar-refractivity contribution in [3.63, 3.8) is 0 Å². The van der Waals surface area contributed by atoms with Crippen molar-refractivity contribution in [2.24, 2.45) is 17.3 Å². The first-order valence-corrected chi connectivity index (χ1v) is 11.0. The van der Waals surface area contributed by atoms with Crippen molar-refractivity contribution in [1.29, 1.82) is 0 Å². The SMILES string of the molecule is CC(C)C[C@@H](C(=O)NC(c1noc(-c2ccccc2)n1)C(C)(C)C)[C@@H]1OC(C)(C)OC1=O. The number of rotatable bonds is 7. The van der Waals surface area contributed by atoms with Gasteiger partial charge in [0, 0.05) is 19.4 Å². The lowest BCUT2D eigenvalue weighted by Crippen LogP contribution is -2.45. The fourth-order valence-corrected chi connectivity index (χ4v) is 3.77. The normalized spacial score (nSPS) is 20.1. The Bertz CT molecular complexity index is 946. The average Bonchev–Trinajstić information content (AvgIpc) is 3.27. The quantitative estimate of drug-likeness (QED) is 0.637. The number of benzene rings is 1. The lowest BCUT2D eigenvalue weighted by molar-refractivity contribution is -0.162. The van der Waals surface area contributed by atoms with Gasteiger partial charge in [0.05, 0.1) is 12.0 Å². The van der Waals surface area contributed by atoms with Gasteiger partial charge in [-0.3, -0.25) is 4.79 Å². The summed E-state index contributed by atoms with van der Waals surface area (Å²) >= 11 is 0. The van der Waals surface area contributed by atoms with Crippen LogP contribution in [0.3, 0.4) is 0 Å². The second-order valence-corrected chi connectivity index (χ2v) is 10.2. The highest BCUT2D eigenvalue weighted by Gasteiger charge is 2.48. The third-order valence-corrected chi connectivity index (χ3v) is 5.29. The van der Waals surface area contributed by atoms with E-state index in [4.69, 9.17) is 14.0 Å². The Kier molecular flexibility index (Phi) is 6.74. The fraction of sp³-hybridized carbons (Fsp3) is 0.583. The number of nitrogens with one attached hydrogen (secondary N) is 1. The highest BCUT2D eigenvalue weighted by molar-refractivity contribution is 5.88. The summed E-state index contributed by atoms with van der Waals surface area (Å²) in [5.74, 6) is -1.64. The summed E-state index contributed by atoms with van der Waals surface area (Å²) in [5, 5.41) is 7.20. The number of hydrogen-bond acceptors (Lipinski definition) is 7. The van der Waals surface area contributed by atoms with Gasteiger partial charge in [-0.15, -0.1) is 0 Å². The predicted octanol–water partition coefficient (Wildman–Crippen LogP) is 4.28. The molecule has 0 spiro atoms. The fourth-order valence-electron chi connectivity index (χ4n) is 3.77. The lowest BCUT2D eigenvalue weighted by atomic mass is 9.84. The first-order chi connectivity index (χ1) is 14.9. The third-order valence-electron chi connectivity index (χ3n) is 5.29. The number of amides is 1. The summed E-state index contributed by atoms with van der Waals surface area (Å²) in [6.07, 6.45) is -0.488. The molecule has 8 nitrogen and oxygen atoms in total. The number of cyclic esters (lactones) is 1. The Morgan fingerprint density at radius 1 is 1.19 bits per heavy atom. The van der Waals surface area contributed by atoms with Gasteiger partial charge in [0.1, 0.15) is 0 Å². The number of carbonyl (C=O) groups excluding carboxylic acids is 2. The molecule has 0 radical (unpaired) electrons. The molecule has 1 amide bonds. The summed E-state index contributed by atoms with van der Waals surface area (Å²) in [7, 11) is 0. The van der Waals surface area contributed by atoms with Crippen LogP contribution < -0.4 is 5.32 Å². The summed E-state index contributed by atoms with van der Waals surface area (Å²) in [4.78, 5) is 30.4. The molecule has 1 aliphatic rings. The molecule has 3 atom stereocenters. The Hall–Kier alpha value is -2.74. The van der Waals surface area contributed by atoms with Gasteiger partial charge in [-0.05, 0) is 29.9 Å². The predicted molar refractivity (Wildman–Crippen MR) is 118 cm³/mol. The van der Waals surface area contributed by atoms with Gasteiger partial charge in [0.2, 0.25) is 11.7 Å². The maximum Gasteiger partial charge on any atom is 0.338 e. The molecular weight excluding hydrogens is 410 g/mol. The summed E-state index contributed by atoms with van der Waals surface area (Å²) in [5.41, 5.74) is 0.388. The van der Waals surface area contributed by atoms with E-state index in [-0.39, 0.29) is 11.8 Å². The summed E-state index contributed by atoms with van der Waals surface area (Å²) in [6, 6.07) is 8.92. The van der Waals surface area contributed by atoms with Crippen LogP contribution >= 0.6 is 0 Å². The Labute approximate surface area is 189 Å². The van der Waals surface area contributed by atoms with E-state index in [1.807, 2.05) is 65.0 Å². The molecule has 1 aromatic carbocycles. The van der Waals surface area contributed by atoms with Gasteiger partial charge in [-0.1, -0.05) is 58.0 Å². The molecule has 2 aromatic rings. The van der Waals surface area contributed by atoms with Crippen molar-refractivity contribution in [3.8, 4) is 11.5 Å². The van der Waals surface area contributed by atoms with Gasteiger partial charge in [0.15, 0.2) is 11.9 Å². The average molecular weight is 444 g/mol. The lowest BCUT2D eigenvalue weighted by Gasteiger charge is -2.31. The molecule has 8 heteroatoms. The largest absolute Gasteiger partial charge is 0.432 e. The molecule has 1 fully saturated rings. The Balaban J connectivity index is 1.86. The summed E-state index contributed by atoms with van der Waals surface area (Å²) in [6.45, 7) is 13.3. The second kappa shape index (κ2) is 9.02. The number of ether oxygens (including phenoxy) is 2. The maximum atomic E-state index is 13.4. The van der Waals surface area contributed by atoms with Crippen LogP contribution in [-0.4, -0.2) is 33.9 Å². The smallest absolute Gasteiger partial charge is 0.338 e. The molecule has 0 aliphatic carbocycles. The van der Waals surface area contributed by atoms with Crippen LogP contribution in [0.5, 0.6) is 0 Å². The van der Waals surface area contributed by atoms with E-state index >= 15 is 0 Å². The van der Waals surface area contributed by atoms with Crippen molar-refractivity contribution in [2.75, 3.05) is 0 Å². The van der Waals surface area contributed by atoms with Gasteiger partial charge in [0.25, 0.3) is 5.89 Å². The number of nitrogens with zero attached hydrogens (tertiary/aromatic N) is 2. The zero-order chi connectivity index (χ0) is 23.7. The number of esters is 1. The van der Waals surface area contributed by atoms with Crippen LogP contribution in [0.4, 0.5) is 0 Å². The van der Waals surface area contributed by atoms with Gasteiger partial charge >= 0.3 is 5.97 Å². The monoisotopic (exact) mass is 443 g/mol. The Morgan fingerprint density at radius 2 is 1.84 bits per heavy atom. The van der Waals surface area contributed by atoms with Gasteiger partial charge in [-0.25, -0.2) is 4.79 Å². The molecule has 0 bridgehead atoms. The Morgan fingerprint density at radius 3 is 2.38 bits per heavy atom. The molecule has 3 rings (SSSR count). The van der Waals surface area contributed by atoms with Crippen LogP contribution in [0.1, 0.15) is 66.8 Å². The minimum absolute atomic E-state index is 0.175. The van der Waals surface area contributed by atoms with Crippen LogP contribution in [0.15, 0.2) is 34.9 Å². The third kappa shape index (κ3) is 5.54. The maximum absolute atomic E-state index is 13.4. The van der Waals surface area contributed by atoms with Crippen molar-refractivity contribution >= 4 is 11.9 Å². The highest BCUT2D eigenvalue weighted by Crippen LogP contribution is 2.35. The first kappa shape index (κ1) is 23.9. The van der Waals surface area contributed by atoms with Crippen LogP contribution in [0.25, 0.3) is 11.5 Å². The van der Waals surface area contributed by atoms with Crippen LogP contribution in [-0.2, 0) is 19.1 Å². The van der Waals surface area contributed by atoms with Gasteiger partial charge in [-0.2, -0.15) is 4.98 Å². The van der Waals surface area contributed by atoms with E-state index in [2.05, 4.69) is 15.5 Å². The zero-order valence-electron chi connectivity index (χ0n) is 19.8. The minimum Gasteiger partial charge on any atom is -0.432 e. The van der Waals surface area contributed by atoms with Crippen LogP contribution in [0, 0.1) is 17.3 Å². The molecule has 32 heavy (non-hydrogen) atoms.